The molecule has 0 saturated carbocycles. The highest BCUT2D eigenvalue weighted by molar-refractivity contribution is 5.78. The number of nitrogens with zero attached hydrogens (tertiary/aromatic N) is 2. The Hall–Kier alpha value is -2.96. The number of fused-ring (bicyclic) bond motifs is 1. The fourth-order valence-corrected chi connectivity index (χ4v) is 1.84. The Kier molecular flexibility index (Phi) is 3.00. The molecule has 0 aliphatic carbocycles. The van der Waals surface area contributed by atoms with Crippen LogP contribution in [0.3, 0.4) is 0 Å². The maximum Gasteiger partial charge on any atom is 0.314 e. The van der Waals surface area contributed by atoms with Gasteiger partial charge in [0.25, 0.3) is 0 Å². The van der Waals surface area contributed by atoms with Gasteiger partial charge in [-0.3, -0.25) is 9.59 Å². The molecule has 3 N–H and O–H groups in total. The van der Waals surface area contributed by atoms with Gasteiger partial charge in [0.05, 0.1) is 23.3 Å². The van der Waals surface area contributed by atoms with Crippen molar-refractivity contribution in [3.63, 3.8) is 0 Å². The van der Waals surface area contributed by atoms with Gasteiger partial charge in [-0.05, 0) is 24.3 Å². The van der Waals surface area contributed by atoms with Gasteiger partial charge in [-0.25, -0.2) is 9.97 Å². The second-order valence-corrected chi connectivity index (χ2v) is 4.22. The number of nitrogens with one attached hydrogen (secondary N) is 3. The Balaban J connectivity index is 1.88. The van der Waals surface area contributed by atoms with Crippen molar-refractivity contribution in [2.24, 2.45) is 0 Å². The van der Waals surface area contributed by atoms with Gasteiger partial charge >= 0.3 is 11.1 Å². The first-order chi connectivity index (χ1) is 9.72. The van der Waals surface area contributed by atoms with Crippen LogP contribution in [-0.2, 0) is 6.54 Å². The third kappa shape index (κ3) is 2.41. The molecule has 0 aliphatic rings. The fourth-order valence-electron chi connectivity index (χ4n) is 1.84. The van der Waals surface area contributed by atoms with Gasteiger partial charge in [0.15, 0.2) is 0 Å². The summed E-state index contributed by atoms with van der Waals surface area (Å²) in [6, 6.07) is 7.12. The Morgan fingerprint density at radius 2 is 1.85 bits per heavy atom. The van der Waals surface area contributed by atoms with Crippen LogP contribution in [0, 0.1) is 0 Å². The molecule has 0 fully saturated rings. The number of benzene rings is 1. The summed E-state index contributed by atoms with van der Waals surface area (Å²) >= 11 is 0. The predicted octanol–water partition coefficient (Wildman–Crippen LogP) is 0.618. The number of aromatic amines is 2. The highest BCUT2D eigenvalue weighted by Crippen LogP contribution is 2.14. The highest BCUT2D eigenvalue weighted by atomic mass is 16.2. The molecule has 20 heavy (non-hydrogen) atoms. The molecule has 2 heterocycles. The van der Waals surface area contributed by atoms with E-state index >= 15 is 0 Å². The number of hydrogen-bond donors (Lipinski definition) is 3. The van der Waals surface area contributed by atoms with Crippen LogP contribution in [0.4, 0.5) is 5.69 Å². The molecule has 0 unspecified atom stereocenters. The Bertz CT molecular complexity index is 854. The highest BCUT2D eigenvalue weighted by Gasteiger charge is 2.01. The molecule has 7 nitrogen and oxygen atoms in total. The second kappa shape index (κ2) is 4.96. The molecule has 0 radical (unpaired) electrons. The van der Waals surface area contributed by atoms with Crippen LogP contribution in [0.5, 0.6) is 0 Å². The largest absolute Gasteiger partial charge is 0.379 e. The topological polar surface area (TPSA) is 104 Å². The zero-order valence-electron chi connectivity index (χ0n) is 10.4. The molecule has 1 aromatic carbocycles. The summed E-state index contributed by atoms with van der Waals surface area (Å²) in [4.78, 5) is 35.5. The van der Waals surface area contributed by atoms with Crippen molar-refractivity contribution in [2.75, 3.05) is 5.32 Å². The summed E-state index contributed by atoms with van der Waals surface area (Å²) in [5.41, 5.74) is 1.52. The van der Waals surface area contributed by atoms with E-state index in [2.05, 4.69) is 25.3 Å². The smallest absolute Gasteiger partial charge is 0.314 e. The van der Waals surface area contributed by atoms with E-state index < -0.39 is 11.1 Å². The normalized spacial score (nSPS) is 10.6. The van der Waals surface area contributed by atoms with Crippen LogP contribution in [0.15, 0.2) is 46.4 Å². The van der Waals surface area contributed by atoms with Gasteiger partial charge in [-0.15, -0.1) is 0 Å². The first kappa shape index (κ1) is 12.1. The molecule has 0 saturated heterocycles. The van der Waals surface area contributed by atoms with Gasteiger partial charge in [0.1, 0.15) is 6.33 Å². The van der Waals surface area contributed by atoms with Crippen LogP contribution in [0.1, 0.15) is 5.69 Å². The molecule has 7 heteroatoms. The summed E-state index contributed by atoms with van der Waals surface area (Å²) in [6.45, 7) is 0.543. The van der Waals surface area contributed by atoms with E-state index in [1.807, 2.05) is 12.1 Å². The van der Waals surface area contributed by atoms with Crippen molar-refractivity contribution in [1.82, 2.24) is 19.9 Å². The van der Waals surface area contributed by atoms with Crippen LogP contribution in [-0.4, -0.2) is 19.9 Å². The number of rotatable bonds is 3. The molecule has 0 atom stereocenters. The van der Waals surface area contributed by atoms with Crippen LogP contribution in [0.25, 0.3) is 11.0 Å². The average molecular weight is 269 g/mol. The lowest BCUT2D eigenvalue weighted by molar-refractivity contribution is 1.01. The summed E-state index contributed by atoms with van der Waals surface area (Å²) in [5, 5.41) is 3.18. The van der Waals surface area contributed by atoms with Crippen LogP contribution < -0.4 is 16.4 Å². The molecular weight excluding hydrogens is 258 g/mol. The van der Waals surface area contributed by atoms with Crippen molar-refractivity contribution in [3.8, 4) is 0 Å². The van der Waals surface area contributed by atoms with Gasteiger partial charge in [-0.2, -0.15) is 0 Å². The molecule has 0 amide bonds. The Labute approximate surface area is 112 Å². The monoisotopic (exact) mass is 269 g/mol. The molecule has 3 aromatic rings. The van der Waals surface area contributed by atoms with E-state index in [1.165, 1.54) is 6.33 Å². The number of aromatic nitrogens is 4. The third-order valence-corrected chi connectivity index (χ3v) is 2.84. The van der Waals surface area contributed by atoms with Gasteiger partial charge in [0.2, 0.25) is 0 Å². The summed E-state index contributed by atoms with van der Waals surface area (Å²) in [5.74, 6) is 0. The maximum atomic E-state index is 11.3. The van der Waals surface area contributed by atoms with E-state index in [9.17, 15) is 9.59 Å². The van der Waals surface area contributed by atoms with Crippen molar-refractivity contribution in [2.45, 2.75) is 6.54 Å². The first-order valence-electron chi connectivity index (χ1n) is 5.97. The predicted molar refractivity (Wildman–Crippen MR) is 74.5 cm³/mol. The van der Waals surface area contributed by atoms with Crippen LogP contribution in [0.2, 0.25) is 0 Å². The van der Waals surface area contributed by atoms with Gasteiger partial charge < -0.3 is 15.3 Å². The average Bonchev–Trinajstić information content (AvgIpc) is 2.47. The third-order valence-electron chi connectivity index (χ3n) is 2.84. The summed E-state index contributed by atoms with van der Waals surface area (Å²) in [6.07, 6.45) is 3.16. The fraction of sp³-hybridized carbons (Fsp3) is 0.0769. The summed E-state index contributed by atoms with van der Waals surface area (Å²) < 4.78 is 0. The quantitative estimate of drug-likeness (QED) is 0.605. The molecule has 100 valence electrons. The zero-order chi connectivity index (χ0) is 13.9. The minimum Gasteiger partial charge on any atom is -0.379 e. The van der Waals surface area contributed by atoms with E-state index in [0.717, 1.165) is 11.4 Å². The van der Waals surface area contributed by atoms with Gasteiger partial charge in [0, 0.05) is 11.9 Å². The second-order valence-electron chi connectivity index (χ2n) is 4.22. The zero-order valence-corrected chi connectivity index (χ0v) is 10.4. The molecular formula is C13H11N5O2. The molecule has 3 rings (SSSR count). The number of hydrogen-bond acceptors (Lipinski definition) is 5. The lowest BCUT2D eigenvalue weighted by Crippen LogP contribution is -2.28. The van der Waals surface area contributed by atoms with E-state index in [4.69, 9.17) is 0 Å². The van der Waals surface area contributed by atoms with Crippen molar-refractivity contribution < 1.29 is 0 Å². The van der Waals surface area contributed by atoms with Crippen molar-refractivity contribution in [3.05, 3.63) is 63.2 Å². The lowest BCUT2D eigenvalue weighted by Gasteiger charge is -2.06. The summed E-state index contributed by atoms with van der Waals surface area (Å²) in [7, 11) is 0. The Morgan fingerprint density at radius 3 is 2.60 bits per heavy atom. The lowest BCUT2D eigenvalue weighted by atomic mass is 10.2. The first-order valence-corrected chi connectivity index (χ1v) is 5.97. The molecule has 0 aliphatic heterocycles. The van der Waals surface area contributed by atoms with E-state index in [0.29, 0.717) is 17.6 Å². The minimum absolute atomic E-state index is 0.543. The van der Waals surface area contributed by atoms with E-state index in [-0.39, 0.29) is 0 Å². The molecule has 0 spiro atoms. The minimum atomic E-state index is -0.662. The number of H-pyrrole nitrogens is 2. The van der Waals surface area contributed by atoms with Crippen LogP contribution >= 0.6 is 0 Å². The Morgan fingerprint density at radius 1 is 1.05 bits per heavy atom. The van der Waals surface area contributed by atoms with Crippen molar-refractivity contribution >= 4 is 16.7 Å². The number of anilines is 1. The SMILES string of the molecule is O=c1[nH]c2ccc(NCc3ccncn3)cc2[nH]c1=O. The molecule has 2 aromatic heterocycles. The van der Waals surface area contributed by atoms with Gasteiger partial charge in [-0.1, -0.05) is 0 Å². The van der Waals surface area contributed by atoms with Crippen molar-refractivity contribution in [1.29, 1.82) is 0 Å². The standard InChI is InChI=1S/C13H11N5O2/c19-12-13(20)18-11-5-8(1-2-10(11)17-12)15-6-9-3-4-14-7-16-9/h1-5,7,15H,6H2,(H,17,19)(H,18,20). The molecule has 0 bridgehead atoms. The van der Waals surface area contributed by atoms with E-state index in [1.54, 1.807) is 18.3 Å². The maximum absolute atomic E-state index is 11.3.